The van der Waals surface area contributed by atoms with Crippen LogP contribution in [0.4, 0.5) is 5.69 Å². The fourth-order valence-corrected chi connectivity index (χ4v) is 4.49. The van der Waals surface area contributed by atoms with E-state index in [4.69, 9.17) is 16.3 Å². The summed E-state index contributed by atoms with van der Waals surface area (Å²) >= 11 is 6.10. The fraction of sp³-hybridized carbons (Fsp3) is 0.333. The minimum atomic E-state index is -3.95. The van der Waals surface area contributed by atoms with E-state index in [1.807, 2.05) is 13.0 Å². The average molecular weight is 451 g/mol. The molecular weight excluding hydrogens is 428 g/mol. The molecule has 1 aliphatic rings. The number of amides is 1. The molecule has 7 nitrogen and oxygen atoms in total. The highest BCUT2D eigenvalue weighted by Crippen LogP contribution is 2.24. The average Bonchev–Trinajstić information content (AvgIpc) is 3.21. The first-order chi connectivity index (χ1) is 14.2. The molecule has 0 bridgehead atoms. The van der Waals surface area contributed by atoms with Crippen LogP contribution < -0.4 is 4.72 Å². The quantitative estimate of drug-likeness (QED) is 0.678. The van der Waals surface area contributed by atoms with Crippen molar-refractivity contribution >= 4 is 39.2 Å². The number of ether oxygens (including phenoxy) is 1. The summed E-state index contributed by atoms with van der Waals surface area (Å²) < 4.78 is 33.2. The molecule has 1 aliphatic heterocycles. The van der Waals surface area contributed by atoms with Crippen molar-refractivity contribution in [3.8, 4) is 0 Å². The van der Waals surface area contributed by atoms with Gasteiger partial charge in [0.15, 0.2) is 6.10 Å². The van der Waals surface area contributed by atoms with E-state index in [1.165, 1.54) is 19.1 Å². The highest BCUT2D eigenvalue weighted by molar-refractivity contribution is 7.92. The molecule has 160 valence electrons. The summed E-state index contributed by atoms with van der Waals surface area (Å²) in [5.41, 5.74) is 1.18. The largest absolute Gasteiger partial charge is 0.449 e. The highest BCUT2D eigenvalue weighted by Gasteiger charge is 2.27. The van der Waals surface area contributed by atoms with Gasteiger partial charge < -0.3 is 9.64 Å². The van der Waals surface area contributed by atoms with Gasteiger partial charge >= 0.3 is 5.97 Å². The molecular formula is C21H23ClN2O5S. The van der Waals surface area contributed by atoms with Gasteiger partial charge in [0, 0.05) is 18.8 Å². The summed E-state index contributed by atoms with van der Waals surface area (Å²) in [6.07, 6.45) is 0.857. The van der Waals surface area contributed by atoms with Gasteiger partial charge in [-0.25, -0.2) is 13.2 Å². The Kier molecular flexibility index (Phi) is 6.67. The van der Waals surface area contributed by atoms with Crippen LogP contribution in [-0.2, 0) is 19.6 Å². The van der Waals surface area contributed by atoms with Crippen molar-refractivity contribution in [1.29, 1.82) is 0 Å². The Bertz CT molecular complexity index is 1060. The summed E-state index contributed by atoms with van der Waals surface area (Å²) in [5.74, 6) is -1.13. The second kappa shape index (κ2) is 9.06. The normalized spacial score (nSPS) is 15.0. The topological polar surface area (TPSA) is 92.8 Å². The fourth-order valence-electron chi connectivity index (χ4n) is 3.22. The number of hydrogen-bond donors (Lipinski definition) is 1. The first-order valence-corrected chi connectivity index (χ1v) is 11.4. The van der Waals surface area contributed by atoms with Crippen LogP contribution in [-0.4, -0.2) is 44.4 Å². The van der Waals surface area contributed by atoms with Crippen molar-refractivity contribution < 1.29 is 22.7 Å². The standard InChI is InChI=1S/C21H23ClN2O5S/c1-14-6-5-7-16(12-14)23-30(27,28)17-8-9-19(22)18(13-17)21(26)29-15(2)20(25)24-10-3-4-11-24/h5-9,12-13,15,23H,3-4,10-11H2,1-2H3. The minimum Gasteiger partial charge on any atom is -0.449 e. The molecule has 0 aliphatic carbocycles. The van der Waals surface area contributed by atoms with E-state index in [2.05, 4.69) is 4.72 Å². The molecule has 2 aromatic carbocycles. The third-order valence-corrected chi connectivity index (χ3v) is 6.50. The first kappa shape index (κ1) is 22.1. The van der Waals surface area contributed by atoms with E-state index in [0.29, 0.717) is 18.8 Å². The third-order valence-electron chi connectivity index (χ3n) is 4.79. The second-order valence-corrected chi connectivity index (χ2v) is 9.29. The summed E-state index contributed by atoms with van der Waals surface area (Å²) in [7, 11) is -3.95. The van der Waals surface area contributed by atoms with Crippen LogP contribution in [0.25, 0.3) is 0 Å². The number of anilines is 1. The zero-order valence-electron chi connectivity index (χ0n) is 16.7. The number of likely N-dealkylation sites (tertiary alicyclic amines) is 1. The second-order valence-electron chi connectivity index (χ2n) is 7.20. The molecule has 1 amide bonds. The summed E-state index contributed by atoms with van der Waals surface area (Å²) in [4.78, 5) is 26.5. The molecule has 1 N–H and O–H groups in total. The molecule has 30 heavy (non-hydrogen) atoms. The molecule has 9 heteroatoms. The first-order valence-electron chi connectivity index (χ1n) is 9.56. The number of nitrogens with one attached hydrogen (secondary N) is 1. The Hall–Kier alpha value is -2.58. The number of hydrogen-bond acceptors (Lipinski definition) is 5. The van der Waals surface area contributed by atoms with Crippen LogP contribution in [0.3, 0.4) is 0 Å². The predicted molar refractivity (Wildman–Crippen MR) is 114 cm³/mol. The van der Waals surface area contributed by atoms with Crippen LogP contribution in [0.15, 0.2) is 47.4 Å². The lowest BCUT2D eigenvalue weighted by atomic mass is 10.2. The lowest BCUT2D eigenvalue weighted by Crippen LogP contribution is -2.38. The molecule has 1 fully saturated rings. The van der Waals surface area contributed by atoms with Crippen LogP contribution in [0.2, 0.25) is 5.02 Å². The SMILES string of the molecule is Cc1cccc(NS(=O)(=O)c2ccc(Cl)c(C(=O)OC(C)C(=O)N3CCCC3)c2)c1. The maximum atomic E-state index is 12.7. The van der Waals surface area contributed by atoms with Gasteiger partial charge in [0.25, 0.3) is 15.9 Å². The van der Waals surface area contributed by atoms with Gasteiger partial charge in [-0.1, -0.05) is 23.7 Å². The maximum Gasteiger partial charge on any atom is 0.340 e. The van der Waals surface area contributed by atoms with Gasteiger partial charge in [-0.2, -0.15) is 0 Å². The molecule has 1 saturated heterocycles. The predicted octanol–water partition coefficient (Wildman–Crippen LogP) is 3.62. The number of carbonyl (C=O) groups excluding carboxylic acids is 2. The zero-order chi connectivity index (χ0) is 21.9. The zero-order valence-corrected chi connectivity index (χ0v) is 18.3. The van der Waals surface area contributed by atoms with E-state index >= 15 is 0 Å². The van der Waals surface area contributed by atoms with Crippen molar-refractivity contribution in [3.63, 3.8) is 0 Å². The Morgan fingerprint density at radius 2 is 1.83 bits per heavy atom. The molecule has 0 aromatic heterocycles. The van der Waals surface area contributed by atoms with Crippen molar-refractivity contribution in [1.82, 2.24) is 4.90 Å². The van der Waals surface area contributed by atoms with Gasteiger partial charge in [0.05, 0.1) is 15.5 Å². The molecule has 3 rings (SSSR count). The summed E-state index contributed by atoms with van der Waals surface area (Å²) in [5, 5.41) is 0.0373. The molecule has 0 saturated carbocycles. The van der Waals surface area contributed by atoms with E-state index in [1.54, 1.807) is 23.1 Å². The number of benzene rings is 2. The van der Waals surface area contributed by atoms with Gasteiger partial charge in [0.2, 0.25) is 0 Å². The van der Waals surface area contributed by atoms with Crippen LogP contribution in [0, 0.1) is 6.92 Å². The maximum absolute atomic E-state index is 12.7. The Labute approximate surface area is 181 Å². The molecule has 0 radical (unpaired) electrons. The smallest absolute Gasteiger partial charge is 0.340 e. The van der Waals surface area contributed by atoms with Crippen molar-refractivity contribution in [2.75, 3.05) is 17.8 Å². The molecule has 1 heterocycles. The van der Waals surface area contributed by atoms with Crippen LogP contribution in [0.5, 0.6) is 0 Å². The Balaban J connectivity index is 1.78. The lowest BCUT2D eigenvalue weighted by molar-refractivity contribution is -0.138. The van der Waals surface area contributed by atoms with E-state index in [-0.39, 0.29) is 21.4 Å². The minimum absolute atomic E-state index is 0.0373. The monoisotopic (exact) mass is 450 g/mol. The van der Waals surface area contributed by atoms with Gasteiger partial charge in [-0.05, 0) is 62.6 Å². The van der Waals surface area contributed by atoms with Gasteiger partial charge in [-0.15, -0.1) is 0 Å². The number of halogens is 1. The molecule has 2 aromatic rings. The van der Waals surface area contributed by atoms with Crippen molar-refractivity contribution in [2.24, 2.45) is 0 Å². The summed E-state index contributed by atoms with van der Waals surface area (Å²) in [6, 6.07) is 10.7. The Morgan fingerprint density at radius 1 is 1.13 bits per heavy atom. The van der Waals surface area contributed by atoms with Crippen molar-refractivity contribution in [2.45, 2.75) is 37.7 Å². The van der Waals surface area contributed by atoms with E-state index in [0.717, 1.165) is 24.5 Å². The number of carbonyl (C=O) groups is 2. The van der Waals surface area contributed by atoms with Crippen LogP contribution >= 0.6 is 11.6 Å². The third kappa shape index (κ3) is 5.12. The Morgan fingerprint density at radius 3 is 2.50 bits per heavy atom. The van der Waals surface area contributed by atoms with E-state index in [9.17, 15) is 18.0 Å². The van der Waals surface area contributed by atoms with Crippen molar-refractivity contribution in [3.05, 3.63) is 58.6 Å². The number of aryl methyl sites for hydroxylation is 1. The number of sulfonamides is 1. The van der Waals surface area contributed by atoms with Gasteiger partial charge in [-0.3, -0.25) is 9.52 Å². The van der Waals surface area contributed by atoms with Gasteiger partial charge in [0.1, 0.15) is 0 Å². The van der Waals surface area contributed by atoms with Crippen LogP contribution in [0.1, 0.15) is 35.7 Å². The lowest BCUT2D eigenvalue weighted by Gasteiger charge is -2.20. The summed E-state index contributed by atoms with van der Waals surface area (Å²) in [6.45, 7) is 4.62. The molecule has 0 spiro atoms. The number of rotatable bonds is 6. The number of nitrogens with zero attached hydrogens (tertiary/aromatic N) is 1. The molecule has 1 atom stereocenters. The van der Waals surface area contributed by atoms with E-state index < -0.39 is 22.1 Å². The highest BCUT2D eigenvalue weighted by atomic mass is 35.5. The molecule has 1 unspecified atom stereocenters. The number of esters is 1.